The summed E-state index contributed by atoms with van der Waals surface area (Å²) in [5.74, 6) is -0.312. The molecule has 1 heterocycles. The van der Waals surface area contributed by atoms with Crippen LogP contribution in [-0.4, -0.2) is 43.3 Å². The Morgan fingerprint density at radius 2 is 1.77 bits per heavy atom. The first-order valence-corrected chi connectivity index (χ1v) is 15.2. The van der Waals surface area contributed by atoms with Crippen LogP contribution in [0.4, 0.5) is 23.7 Å². The molecule has 2 aromatic carbocycles. The van der Waals surface area contributed by atoms with Gasteiger partial charge in [0.15, 0.2) is 15.6 Å². The van der Waals surface area contributed by atoms with E-state index in [-0.39, 0.29) is 58.1 Å². The van der Waals surface area contributed by atoms with Gasteiger partial charge in [-0.1, -0.05) is 35.0 Å². The van der Waals surface area contributed by atoms with Crippen LogP contribution in [0.5, 0.6) is 0 Å². The number of halogens is 4. The molecular weight excluding hydrogens is 599 g/mol. The number of nitriles is 1. The lowest BCUT2D eigenvalue weighted by Gasteiger charge is -2.45. The maximum Gasteiger partial charge on any atom is 0.416 e. The zero-order chi connectivity index (χ0) is 29.1. The molecule has 4 rings (SSSR count). The van der Waals surface area contributed by atoms with Gasteiger partial charge in [-0.2, -0.15) is 18.4 Å². The molecule has 2 aliphatic rings. The second-order valence-electron chi connectivity index (χ2n) is 8.90. The van der Waals surface area contributed by atoms with Gasteiger partial charge in [-0.15, -0.1) is 0 Å². The Labute approximate surface area is 233 Å². The fourth-order valence-electron chi connectivity index (χ4n) is 4.78. The molecule has 0 fully saturated rings. The Morgan fingerprint density at radius 1 is 1.10 bits per heavy atom. The summed E-state index contributed by atoms with van der Waals surface area (Å²) in [6.07, 6.45) is -2.86. The fraction of sp³-hybridized carbons (Fsp3) is 0.370. The number of sulfone groups is 1. The van der Waals surface area contributed by atoms with Crippen molar-refractivity contribution in [1.29, 1.82) is 5.26 Å². The van der Waals surface area contributed by atoms with Crippen molar-refractivity contribution >= 4 is 43.3 Å². The van der Waals surface area contributed by atoms with Gasteiger partial charge in [0, 0.05) is 35.8 Å². The number of likely N-dealkylation sites (N-methyl/N-ethyl adjacent to an activating group) is 1. The van der Waals surface area contributed by atoms with Crippen LogP contribution in [0.15, 0.2) is 58.6 Å². The molecule has 0 bridgehead atoms. The highest BCUT2D eigenvalue weighted by Gasteiger charge is 2.45. The van der Waals surface area contributed by atoms with E-state index in [1.165, 1.54) is 35.2 Å². The molecule has 1 unspecified atom stereocenters. The maximum absolute atomic E-state index is 13.8. The van der Waals surface area contributed by atoms with Crippen molar-refractivity contribution in [3.8, 4) is 6.07 Å². The van der Waals surface area contributed by atoms with E-state index in [1.54, 1.807) is 6.92 Å². The summed E-state index contributed by atoms with van der Waals surface area (Å²) in [4.78, 5) is 29.3. The molecule has 1 atom stereocenters. The first-order chi connectivity index (χ1) is 18.3. The summed E-state index contributed by atoms with van der Waals surface area (Å²) in [6.45, 7) is 3.73. The zero-order valence-electron chi connectivity index (χ0n) is 21.5. The maximum atomic E-state index is 13.8. The number of allylic oxidation sites excluding steroid dienone is 1. The van der Waals surface area contributed by atoms with Crippen LogP contribution >= 0.6 is 15.9 Å². The minimum absolute atomic E-state index is 0.0305. The van der Waals surface area contributed by atoms with Gasteiger partial charge in [-0.3, -0.25) is 9.69 Å². The van der Waals surface area contributed by atoms with E-state index in [9.17, 15) is 36.4 Å². The highest BCUT2D eigenvalue weighted by molar-refractivity contribution is 9.09. The standard InChI is InChI=1S/C25H22F3N3O4S.C2H5Br/c1-3-30-23(18-11-10-15(14-29)12-21(18)36(2,34)35)22-19(8-5-9-20(22)32)31(24(30)33)17-7-4-6-16(13-17)25(26,27)28;1-2-3/h4,6-7,10-13,23H,3,5,8-9H2,1-2H3;2H2,1H3. The largest absolute Gasteiger partial charge is 0.416 e. The summed E-state index contributed by atoms with van der Waals surface area (Å²) in [6, 6.07) is 8.52. The van der Waals surface area contributed by atoms with Crippen molar-refractivity contribution in [1.82, 2.24) is 4.90 Å². The molecule has 0 radical (unpaired) electrons. The van der Waals surface area contributed by atoms with E-state index in [2.05, 4.69) is 15.9 Å². The smallest absolute Gasteiger partial charge is 0.313 e. The Hall–Kier alpha value is -3.17. The molecule has 7 nitrogen and oxygen atoms in total. The summed E-state index contributed by atoms with van der Waals surface area (Å²) in [7, 11) is -3.87. The second-order valence-corrected chi connectivity index (χ2v) is 12.0. The number of nitrogens with zero attached hydrogens (tertiary/aromatic N) is 3. The van der Waals surface area contributed by atoms with Crippen molar-refractivity contribution < 1.29 is 31.2 Å². The van der Waals surface area contributed by atoms with E-state index < -0.39 is 33.6 Å². The van der Waals surface area contributed by atoms with E-state index in [0.717, 1.165) is 28.6 Å². The number of ketones is 1. The first-order valence-electron chi connectivity index (χ1n) is 12.1. The minimum atomic E-state index is -4.63. The van der Waals surface area contributed by atoms with Crippen LogP contribution in [0, 0.1) is 11.3 Å². The number of hydrogen-bond donors (Lipinski definition) is 0. The van der Waals surface area contributed by atoms with Crippen LogP contribution in [-0.2, 0) is 20.8 Å². The normalized spacial score (nSPS) is 17.8. The number of rotatable bonds is 4. The first kappa shape index (κ1) is 30.4. The molecule has 39 heavy (non-hydrogen) atoms. The van der Waals surface area contributed by atoms with Gasteiger partial charge in [-0.25, -0.2) is 13.2 Å². The van der Waals surface area contributed by atoms with Gasteiger partial charge in [0.1, 0.15) is 0 Å². The van der Waals surface area contributed by atoms with Crippen molar-refractivity contribution in [2.24, 2.45) is 0 Å². The number of hydrogen-bond acceptors (Lipinski definition) is 5. The Morgan fingerprint density at radius 3 is 2.33 bits per heavy atom. The second kappa shape index (κ2) is 11.9. The summed E-state index contributed by atoms with van der Waals surface area (Å²) in [5, 5.41) is 10.3. The third-order valence-electron chi connectivity index (χ3n) is 6.33. The molecule has 0 aromatic heterocycles. The molecule has 2 amide bonds. The Kier molecular flexibility index (Phi) is 9.28. The van der Waals surface area contributed by atoms with Gasteiger partial charge in [0.2, 0.25) is 0 Å². The lowest BCUT2D eigenvalue weighted by Crippen LogP contribution is -2.52. The molecular formula is C27H27BrF3N3O4S. The zero-order valence-corrected chi connectivity index (χ0v) is 24.0. The summed E-state index contributed by atoms with van der Waals surface area (Å²) in [5.41, 5.74) is -0.271. The van der Waals surface area contributed by atoms with Crippen LogP contribution in [0.25, 0.3) is 0 Å². The topological polar surface area (TPSA) is 98.5 Å². The lowest BCUT2D eigenvalue weighted by molar-refractivity contribution is -0.137. The van der Waals surface area contributed by atoms with Crippen LogP contribution in [0.2, 0.25) is 0 Å². The lowest BCUT2D eigenvalue weighted by atomic mass is 9.83. The number of carbonyl (C=O) groups is 2. The van der Waals surface area contributed by atoms with Gasteiger partial charge in [0.25, 0.3) is 0 Å². The van der Waals surface area contributed by atoms with Crippen molar-refractivity contribution in [2.75, 3.05) is 23.0 Å². The van der Waals surface area contributed by atoms with Gasteiger partial charge >= 0.3 is 12.2 Å². The number of carbonyl (C=O) groups excluding carboxylic acids is 2. The predicted octanol–water partition coefficient (Wildman–Crippen LogP) is 6.39. The monoisotopic (exact) mass is 625 g/mol. The van der Waals surface area contributed by atoms with Crippen molar-refractivity contribution in [3.05, 3.63) is 70.4 Å². The number of amides is 2. The molecule has 0 saturated heterocycles. The quantitative estimate of drug-likeness (QED) is 0.367. The number of Topliss-reactive ketones (excluding diaryl/α,β-unsaturated/α-hetero) is 1. The molecule has 12 heteroatoms. The van der Waals surface area contributed by atoms with Crippen molar-refractivity contribution in [2.45, 2.75) is 50.2 Å². The van der Waals surface area contributed by atoms with Crippen LogP contribution in [0.3, 0.4) is 0 Å². The Balaban J connectivity index is 0.00000134. The third kappa shape index (κ3) is 6.20. The number of anilines is 1. The molecule has 2 aromatic rings. The van der Waals surface area contributed by atoms with Gasteiger partial charge < -0.3 is 4.90 Å². The molecule has 1 aliphatic carbocycles. The van der Waals surface area contributed by atoms with Crippen LogP contribution < -0.4 is 4.90 Å². The molecule has 0 saturated carbocycles. The van der Waals surface area contributed by atoms with Crippen LogP contribution in [0.1, 0.15) is 55.8 Å². The summed E-state index contributed by atoms with van der Waals surface area (Å²) >= 11 is 3.15. The SMILES string of the molecule is CCBr.CCN1C(=O)N(c2cccc(C(F)(F)F)c2)C2=C(C(=O)CCC2)C1c1ccc(C#N)cc1S(C)(=O)=O. The van der Waals surface area contributed by atoms with E-state index in [4.69, 9.17) is 0 Å². The number of urea groups is 1. The van der Waals surface area contributed by atoms with E-state index in [0.29, 0.717) is 6.42 Å². The van der Waals surface area contributed by atoms with E-state index in [1.807, 2.05) is 13.0 Å². The molecule has 0 spiro atoms. The highest BCUT2D eigenvalue weighted by atomic mass is 79.9. The third-order valence-corrected chi connectivity index (χ3v) is 7.48. The Bertz CT molecular complexity index is 1470. The highest BCUT2D eigenvalue weighted by Crippen LogP contribution is 2.46. The molecule has 208 valence electrons. The summed E-state index contributed by atoms with van der Waals surface area (Å²) < 4.78 is 65.6. The number of benzene rings is 2. The van der Waals surface area contributed by atoms with E-state index >= 15 is 0 Å². The number of alkyl halides is 4. The molecule has 1 aliphatic heterocycles. The average molecular weight is 626 g/mol. The average Bonchev–Trinajstić information content (AvgIpc) is 2.87. The van der Waals surface area contributed by atoms with Gasteiger partial charge in [-0.05, 0) is 55.7 Å². The predicted molar refractivity (Wildman–Crippen MR) is 144 cm³/mol. The van der Waals surface area contributed by atoms with Gasteiger partial charge in [0.05, 0.1) is 33.8 Å². The fourth-order valence-corrected chi connectivity index (χ4v) is 5.73. The molecule has 0 N–H and O–H groups in total. The minimum Gasteiger partial charge on any atom is -0.313 e. The van der Waals surface area contributed by atoms with Crippen molar-refractivity contribution in [3.63, 3.8) is 0 Å².